The second kappa shape index (κ2) is 12.3. The topological polar surface area (TPSA) is 12.9 Å². The van der Waals surface area contributed by atoms with Crippen LogP contribution < -0.4 is 0 Å². The van der Waals surface area contributed by atoms with Gasteiger partial charge < -0.3 is 0 Å². The molecule has 3 rings (SSSR count). The molecule has 0 N–H and O–H groups in total. The van der Waals surface area contributed by atoms with Gasteiger partial charge in [0.1, 0.15) is 0 Å². The van der Waals surface area contributed by atoms with E-state index >= 15 is 0 Å². The zero-order valence-electron chi connectivity index (χ0n) is 20.5. The van der Waals surface area contributed by atoms with Crippen LogP contribution in [0.2, 0.25) is 0 Å². The highest BCUT2D eigenvalue weighted by Gasteiger charge is 2.33. The Bertz CT molecular complexity index is 575. The molecule has 0 aliphatic heterocycles. The van der Waals surface area contributed by atoms with Crippen molar-refractivity contribution in [1.29, 1.82) is 0 Å². The van der Waals surface area contributed by atoms with E-state index in [1.165, 1.54) is 101 Å². The largest absolute Gasteiger partial charge is 0.261 e. The van der Waals surface area contributed by atoms with Crippen LogP contribution in [-0.4, -0.2) is 4.98 Å². The summed E-state index contributed by atoms with van der Waals surface area (Å²) in [6, 6.07) is 4.69. The summed E-state index contributed by atoms with van der Waals surface area (Å²) in [4.78, 5) is 4.90. The third-order valence-corrected chi connectivity index (χ3v) is 9.11. The molecule has 1 heterocycles. The fourth-order valence-corrected chi connectivity index (χ4v) is 6.53. The summed E-state index contributed by atoms with van der Waals surface area (Å²) in [5.74, 6) is 5.43. The van der Waals surface area contributed by atoms with Crippen molar-refractivity contribution in [2.75, 3.05) is 0 Å². The smallest absolute Gasteiger partial charge is 0.0434 e. The molecule has 0 radical (unpaired) electrons. The fraction of sp³-hybridized carbons (Fsp3) is 0.828. The quantitative estimate of drug-likeness (QED) is 0.350. The van der Waals surface area contributed by atoms with Gasteiger partial charge in [0.25, 0.3) is 0 Å². The molecule has 1 nitrogen and oxygen atoms in total. The van der Waals surface area contributed by atoms with Crippen LogP contribution in [0.15, 0.2) is 18.3 Å². The Morgan fingerprint density at radius 1 is 0.800 bits per heavy atom. The summed E-state index contributed by atoms with van der Waals surface area (Å²) in [5.41, 5.74) is 2.76. The Morgan fingerprint density at radius 2 is 1.43 bits per heavy atom. The lowest BCUT2D eigenvalue weighted by molar-refractivity contribution is 0.119. The first-order valence-electron chi connectivity index (χ1n) is 13.6. The van der Waals surface area contributed by atoms with E-state index in [1.807, 2.05) is 0 Å². The lowest BCUT2D eigenvalue weighted by Gasteiger charge is -2.40. The Kier molecular flexibility index (Phi) is 9.72. The number of rotatable bonds is 10. The van der Waals surface area contributed by atoms with E-state index in [-0.39, 0.29) is 0 Å². The van der Waals surface area contributed by atoms with Crippen molar-refractivity contribution < 1.29 is 0 Å². The molecule has 170 valence electrons. The molecule has 2 fully saturated rings. The molecule has 0 amide bonds. The number of aryl methyl sites for hydroxylation is 1. The maximum absolute atomic E-state index is 4.90. The normalized spacial score (nSPS) is 29.5. The molecule has 2 saturated carbocycles. The number of unbranched alkanes of at least 4 members (excludes halogenated alkanes) is 3. The molecule has 1 heteroatoms. The van der Waals surface area contributed by atoms with Crippen LogP contribution in [-0.2, 0) is 6.42 Å². The van der Waals surface area contributed by atoms with Gasteiger partial charge in [-0.15, -0.1) is 0 Å². The number of pyridine rings is 1. The second-order valence-electron chi connectivity index (χ2n) is 10.9. The van der Waals surface area contributed by atoms with Crippen LogP contribution in [0.1, 0.15) is 128 Å². The maximum Gasteiger partial charge on any atom is 0.0434 e. The van der Waals surface area contributed by atoms with E-state index in [2.05, 4.69) is 46.0 Å². The SMILES string of the molecule is CCCCCCc1ccc(C(C)C2CCC(C(C)C3CCC(CC)CC3)CC2)nc1. The minimum Gasteiger partial charge on any atom is -0.261 e. The molecule has 2 atom stereocenters. The van der Waals surface area contributed by atoms with Crippen molar-refractivity contribution in [3.8, 4) is 0 Å². The first kappa shape index (κ1) is 23.8. The summed E-state index contributed by atoms with van der Waals surface area (Å²) in [6.45, 7) is 9.69. The molecule has 30 heavy (non-hydrogen) atoms. The Morgan fingerprint density at radius 3 is 2.00 bits per heavy atom. The van der Waals surface area contributed by atoms with E-state index in [0.29, 0.717) is 5.92 Å². The monoisotopic (exact) mass is 411 g/mol. The fourth-order valence-electron chi connectivity index (χ4n) is 6.53. The highest BCUT2D eigenvalue weighted by molar-refractivity contribution is 5.17. The lowest BCUT2D eigenvalue weighted by Crippen LogP contribution is -2.29. The van der Waals surface area contributed by atoms with E-state index in [1.54, 1.807) is 0 Å². The Hall–Kier alpha value is -0.850. The molecule has 2 unspecified atom stereocenters. The van der Waals surface area contributed by atoms with Gasteiger partial charge in [0.15, 0.2) is 0 Å². The summed E-state index contributed by atoms with van der Waals surface area (Å²) in [5, 5.41) is 0. The van der Waals surface area contributed by atoms with Crippen molar-refractivity contribution in [2.45, 2.75) is 124 Å². The molecule has 1 aromatic rings. The molecule has 0 bridgehead atoms. The molecule has 0 spiro atoms. The van der Waals surface area contributed by atoms with Crippen LogP contribution in [0.3, 0.4) is 0 Å². The van der Waals surface area contributed by atoms with Crippen molar-refractivity contribution in [2.24, 2.45) is 29.6 Å². The number of hydrogen-bond acceptors (Lipinski definition) is 1. The maximum atomic E-state index is 4.90. The average Bonchev–Trinajstić information content (AvgIpc) is 2.81. The summed E-state index contributed by atoms with van der Waals surface area (Å²) < 4.78 is 0. The molecular weight excluding hydrogens is 362 g/mol. The van der Waals surface area contributed by atoms with Gasteiger partial charge in [0, 0.05) is 17.8 Å². The molecular formula is C29H49N. The third-order valence-electron chi connectivity index (χ3n) is 9.11. The zero-order valence-corrected chi connectivity index (χ0v) is 20.5. The predicted molar refractivity (Wildman–Crippen MR) is 131 cm³/mol. The van der Waals surface area contributed by atoms with Gasteiger partial charge in [-0.25, -0.2) is 0 Å². The van der Waals surface area contributed by atoms with Gasteiger partial charge in [-0.3, -0.25) is 4.98 Å². The summed E-state index contributed by atoms with van der Waals surface area (Å²) in [7, 11) is 0. The van der Waals surface area contributed by atoms with Crippen molar-refractivity contribution in [3.63, 3.8) is 0 Å². The van der Waals surface area contributed by atoms with E-state index in [4.69, 9.17) is 4.98 Å². The molecule has 0 aromatic carbocycles. The van der Waals surface area contributed by atoms with Gasteiger partial charge in [-0.2, -0.15) is 0 Å². The van der Waals surface area contributed by atoms with Gasteiger partial charge in [0.05, 0.1) is 0 Å². The van der Waals surface area contributed by atoms with Gasteiger partial charge in [-0.05, 0) is 92.6 Å². The first-order chi connectivity index (χ1) is 14.6. The highest BCUT2D eigenvalue weighted by Crippen LogP contribution is 2.45. The highest BCUT2D eigenvalue weighted by atomic mass is 14.7. The summed E-state index contributed by atoms with van der Waals surface area (Å²) in [6.07, 6.45) is 21.9. The van der Waals surface area contributed by atoms with Crippen LogP contribution >= 0.6 is 0 Å². The Balaban J connectivity index is 1.43. The average molecular weight is 412 g/mol. The van der Waals surface area contributed by atoms with Crippen LogP contribution in [0.25, 0.3) is 0 Å². The minimum atomic E-state index is 0.621. The van der Waals surface area contributed by atoms with Gasteiger partial charge in [-0.1, -0.05) is 72.3 Å². The number of hydrogen-bond donors (Lipinski definition) is 0. The van der Waals surface area contributed by atoms with Crippen molar-refractivity contribution in [3.05, 3.63) is 29.6 Å². The number of aromatic nitrogens is 1. The predicted octanol–water partition coefficient (Wildman–Crippen LogP) is 8.97. The second-order valence-corrected chi connectivity index (χ2v) is 10.9. The molecule has 2 aliphatic carbocycles. The molecule has 0 saturated heterocycles. The number of nitrogens with zero attached hydrogens (tertiary/aromatic N) is 1. The van der Waals surface area contributed by atoms with Crippen molar-refractivity contribution >= 4 is 0 Å². The molecule has 1 aromatic heterocycles. The minimum absolute atomic E-state index is 0.621. The summed E-state index contributed by atoms with van der Waals surface area (Å²) >= 11 is 0. The van der Waals surface area contributed by atoms with Crippen molar-refractivity contribution in [1.82, 2.24) is 4.98 Å². The standard InChI is InChI=1S/C29H49N/c1-5-7-8-9-10-25-13-20-29(30-21-25)23(4)28-18-16-27(17-19-28)22(3)26-14-11-24(6-2)12-15-26/h13,20-24,26-28H,5-12,14-19H2,1-4H3. The van der Waals surface area contributed by atoms with Gasteiger partial charge in [0.2, 0.25) is 0 Å². The van der Waals surface area contributed by atoms with Crippen LogP contribution in [0, 0.1) is 29.6 Å². The first-order valence-corrected chi connectivity index (χ1v) is 13.6. The van der Waals surface area contributed by atoms with E-state index < -0.39 is 0 Å². The third kappa shape index (κ3) is 6.57. The Labute approximate surface area is 187 Å². The van der Waals surface area contributed by atoms with E-state index in [0.717, 1.165) is 29.6 Å². The molecule has 2 aliphatic rings. The van der Waals surface area contributed by atoms with Gasteiger partial charge >= 0.3 is 0 Å². The van der Waals surface area contributed by atoms with E-state index in [9.17, 15) is 0 Å². The van der Waals surface area contributed by atoms with Crippen LogP contribution in [0.5, 0.6) is 0 Å². The van der Waals surface area contributed by atoms with Crippen LogP contribution in [0.4, 0.5) is 0 Å². The zero-order chi connectivity index (χ0) is 21.3. The lowest BCUT2D eigenvalue weighted by atomic mass is 9.66.